The van der Waals surface area contributed by atoms with E-state index in [2.05, 4.69) is 121 Å². The van der Waals surface area contributed by atoms with Gasteiger partial charge in [0.2, 0.25) is 0 Å². The van der Waals surface area contributed by atoms with Crippen molar-refractivity contribution in [3.8, 4) is 56.2 Å². The molecule has 0 N–H and O–H groups in total. The summed E-state index contributed by atoms with van der Waals surface area (Å²) < 4.78 is 12.6. The van der Waals surface area contributed by atoms with Crippen molar-refractivity contribution in [3.05, 3.63) is 170 Å². The molecule has 0 saturated heterocycles. The Labute approximate surface area is 287 Å². The maximum atomic E-state index is 6.29. The number of fused-ring (bicyclic) bond motifs is 6. The Kier molecular flexibility index (Phi) is 6.46. The van der Waals surface area contributed by atoms with Crippen molar-refractivity contribution >= 4 is 43.9 Å². The van der Waals surface area contributed by atoms with Crippen molar-refractivity contribution in [2.45, 2.75) is 0 Å². The standard InChI is InChI=1S/C46H28N2O2/c1-3-11-29(12-4-1)33-23-34(30-13-5-2-6-14-30)25-35(24-33)41-28-40(31-19-21-38-36-15-7-9-17-42(36)49-44(38)26-31)47-46(48-41)32-20-22-39-37-16-8-10-18-43(37)50-45(39)27-32/h1-28H. The van der Waals surface area contributed by atoms with Crippen molar-refractivity contribution in [2.75, 3.05) is 0 Å². The van der Waals surface area contributed by atoms with Crippen molar-refractivity contribution < 1.29 is 8.83 Å². The van der Waals surface area contributed by atoms with Crippen LogP contribution in [0.25, 0.3) is 100 Å². The maximum Gasteiger partial charge on any atom is 0.160 e. The zero-order chi connectivity index (χ0) is 33.0. The van der Waals surface area contributed by atoms with Crippen LogP contribution in [-0.2, 0) is 0 Å². The number of hydrogen-bond donors (Lipinski definition) is 0. The molecule has 0 aliphatic rings. The maximum absolute atomic E-state index is 6.29. The number of benzene rings is 7. The summed E-state index contributed by atoms with van der Waals surface area (Å²) in [7, 11) is 0. The first-order valence-corrected chi connectivity index (χ1v) is 16.7. The fourth-order valence-electron chi connectivity index (χ4n) is 6.99. The van der Waals surface area contributed by atoms with E-state index in [1.54, 1.807) is 0 Å². The zero-order valence-corrected chi connectivity index (χ0v) is 26.9. The van der Waals surface area contributed by atoms with Gasteiger partial charge in [-0.15, -0.1) is 0 Å². The highest BCUT2D eigenvalue weighted by atomic mass is 16.3. The lowest BCUT2D eigenvalue weighted by molar-refractivity contribution is 0.668. The number of para-hydroxylation sites is 2. The van der Waals surface area contributed by atoms with E-state index in [1.807, 2.05) is 48.5 Å². The van der Waals surface area contributed by atoms with E-state index >= 15 is 0 Å². The monoisotopic (exact) mass is 640 g/mol. The fraction of sp³-hybridized carbons (Fsp3) is 0. The van der Waals surface area contributed by atoms with Crippen molar-refractivity contribution in [1.29, 1.82) is 0 Å². The Hall–Kier alpha value is -6.78. The third-order valence-corrected chi connectivity index (χ3v) is 9.48. The third-order valence-electron chi connectivity index (χ3n) is 9.48. The second kappa shape index (κ2) is 11.4. The second-order valence-electron chi connectivity index (χ2n) is 12.6. The summed E-state index contributed by atoms with van der Waals surface area (Å²) in [6, 6.07) is 58.7. The molecular formula is C46H28N2O2. The first-order valence-electron chi connectivity index (χ1n) is 16.7. The molecule has 234 valence electrons. The Bertz CT molecular complexity index is 2680. The number of aromatic nitrogens is 2. The number of hydrogen-bond acceptors (Lipinski definition) is 4. The highest BCUT2D eigenvalue weighted by Gasteiger charge is 2.16. The van der Waals surface area contributed by atoms with Crippen molar-refractivity contribution in [1.82, 2.24) is 9.97 Å². The van der Waals surface area contributed by atoms with Crippen LogP contribution in [0.5, 0.6) is 0 Å². The van der Waals surface area contributed by atoms with E-state index < -0.39 is 0 Å². The molecule has 10 aromatic rings. The van der Waals surface area contributed by atoms with Gasteiger partial charge in [0.25, 0.3) is 0 Å². The summed E-state index contributed by atoms with van der Waals surface area (Å²) in [5.41, 5.74) is 12.4. The minimum absolute atomic E-state index is 0.621. The van der Waals surface area contributed by atoms with Crippen molar-refractivity contribution in [3.63, 3.8) is 0 Å². The first kappa shape index (κ1) is 28.3. The smallest absolute Gasteiger partial charge is 0.160 e. The van der Waals surface area contributed by atoms with Crippen LogP contribution in [0.3, 0.4) is 0 Å². The predicted molar refractivity (Wildman–Crippen MR) is 204 cm³/mol. The largest absolute Gasteiger partial charge is 0.456 e. The summed E-state index contributed by atoms with van der Waals surface area (Å²) in [5.74, 6) is 0.621. The number of nitrogens with zero attached hydrogens (tertiary/aromatic N) is 2. The van der Waals surface area contributed by atoms with Gasteiger partial charge in [-0.2, -0.15) is 0 Å². The van der Waals surface area contributed by atoms with E-state index in [4.69, 9.17) is 18.8 Å². The summed E-state index contributed by atoms with van der Waals surface area (Å²) in [4.78, 5) is 10.4. The van der Waals surface area contributed by atoms with Crippen LogP contribution < -0.4 is 0 Å². The lowest BCUT2D eigenvalue weighted by Gasteiger charge is -2.13. The van der Waals surface area contributed by atoms with Crippen LogP contribution >= 0.6 is 0 Å². The lowest BCUT2D eigenvalue weighted by atomic mass is 9.94. The van der Waals surface area contributed by atoms with Gasteiger partial charge in [-0.3, -0.25) is 0 Å². The first-order chi connectivity index (χ1) is 24.7. The van der Waals surface area contributed by atoms with Crippen molar-refractivity contribution in [2.24, 2.45) is 0 Å². The minimum atomic E-state index is 0.621. The van der Waals surface area contributed by atoms with Crippen LogP contribution in [0.2, 0.25) is 0 Å². The van der Waals surface area contributed by atoms with Gasteiger partial charge in [0.1, 0.15) is 22.3 Å². The van der Waals surface area contributed by atoms with Gasteiger partial charge in [-0.1, -0.05) is 109 Å². The van der Waals surface area contributed by atoms with Gasteiger partial charge in [-0.05, 0) is 82.9 Å². The van der Waals surface area contributed by atoms with Gasteiger partial charge < -0.3 is 8.83 Å². The highest BCUT2D eigenvalue weighted by molar-refractivity contribution is 6.07. The van der Waals surface area contributed by atoms with Crippen LogP contribution in [0.1, 0.15) is 0 Å². The average Bonchev–Trinajstić information content (AvgIpc) is 3.76. The molecule has 0 atom stereocenters. The minimum Gasteiger partial charge on any atom is -0.456 e. The Morgan fingerprint density at radius 3 is 1.30 bits per heavy atom. The molecule has 0 aliphatic carbocycles. The molecule has 7 aromatic carbocycles. The normalized spacial score (nSPS) is 11.6. The van der Waals surface area contributed by atoms with Gasteiger partial charge >= 0.3 is 0 Å². The van der Waals surface area contributed by atoms with Gasteiger partial charge in [0.05, 0.1) is 11.4 Å². The van der Waals surface area contributed by atoms with E-state index in [-0.39, 0.29) is 0 Å². The molecule has 50 heavy (non-hydrogen) atoms. The molecule has 0 aliphatic heterocycles. The summed E-state index contributed by atoms with van der Waals surface area (Å²) >= 11 is 0. The van der Waals surface area contributed by atoms with Gasteiger partial charge in [0.15, 0.2) is 5.82 Å². The number of furan rings is 2. The zero-order valence-electron chi connectivity index (χ0n) is 26.9. The molecule has 3 aromatic heterocycles. The fourth-order valence-corrected chi connectivity index (χ4v) is 6.99. The summed E-state index contributed by atoms with van der Waals surface area (Å²) in [6.07, 6.45) is 0. The Morgan fingerprint density at radius 1 is 0.280 bits per heavy atom. The van der Waals surface area contributed by atoms with Gasteiger partial charge in [-0.25, -0.2) is 9.97 Å². The van der Waals surface area contributed by atoms with Crippen LogP contribution in [0, 0.1) is 0 Å². The number of rotatable bonds is 5. The summed E-state index contributed by atoms with van der Waals surface area (Å²) in [6.45, 7) is 0. The second-order valence-corrected chi connectivity index (χ2v) is 12.6. The molecule has 0 fully saturated rings. The predicted octanol–water partition coefficient (Wildman–Crippen LogP) is 12.6. The third kappa shape index (κ3) is 4.85. The molecule has 0 spiro atoms. The molecule has 4 heteroatoms. The van der Waals surface area contributed by atoms with E-state index in [0.29, 0.717) is 5.82 Å². The van der Waals surface area contributed by atoms with E-state index in [1.165, 1.54) is 0 Å². The van der Waals surface area contributed by atoms with Crippen LogP contribution in [0.15, 0.2) is 179 Å². The van der Waals surface area contributed by atoms with Crippen LogP contribution in [-0.4, -0.2) is 9.97 Å². The molecule has 3 heterocycles. The molecule has 0 unspecified atom stereocenters. The van der Waals surface area contributed by atoms with E-state index in [9.17, 15) is 0 Å². The Morgan fingerprint density at radius 2 is 0.720 bits per heavy atom. The molecule has 0 radical (unpaired) electrons. The van der Waals surface area contributed by atoms with Gasteiger partial charge in [0, 0.05) is 38.2 Å². The Balaban J connectivity index is 1.20. The van der Waals surface area contributed by atoms with E-state index in [0.717, 1.165) is 94.2 Å². The molecule has 0 amide bonds. The highest BCUT2D eigenvalue weighted by Crippen LogP contribution is 2.37. The SMILES string of the molecule is c1ccc(-c2cc(-c3ccccc3)cc(-c3cc(-c4ccc5c(c4)oc4ccccc45)nc(-c4ccc5c(c4)oc4ccccc45)n3)c2)cc1. The molecule has 4 nitrogen and oxygen atoms in total. The molecule has 0 bridgehead atoms. The topological polar surface area (TPSA) is 52.1 Å². The molecular weight excluding hydrogens is 613 g/mol. The average molecular weight is 641 g/mol. The summed E-state index contributed by atoms with van der Waals surface area (Å²) in [5, 5.41) is 4.34. The quantitative estimate of drug-likeness (QED) is 0.188. The van der Waals surface area contributed by atoms with Crippen LogP contribution in [0.4, 0.5) is 0 Å². The lowest BCUT2D eigenvalue weighted by Crippen LogP contribution is -1.96. The molecule has 10 rings (SSSR count). The molecule has 0 saturated carbocycles.